The van der Waals surface area contributed by atoms with Gasteiger partial charge in [0.05, 0.1) is 0 Å². The summed E-state index contributed by atoms with van der Waals surface area (Å²) in [4.78, 5) is 0. The third-order valence-electron chi connectivity index (χ3n) is 0.676. The second-order valence-corrected chi connectivity index (χ2v) is 1.31. The molecule has 0 saturated heterocycles. The molecule has 36 valence electrons. The summed E-state index contributed by atoms with van der Waals surface area (Å²) in [5.74, 6) is 0. The summed E-state index contributed by atoms with van der Waals surface area (Å²) in [7, 11) is 0.962. The molecule has 0 radical (unpaired) electrons. The van der Waals surface area contributed by atoms with Crippen LogP contribution in [-0.4, -0.2) is 26.0 Å². The molecule has 0 saturated carbocycles. The van der Waals surface area contributed by atoms with E-state index in [1.807, 2.05) is 0 Å². The molecule has 0 heterocycles. The van der Waals surface area contributed by atoms with E-state index in [2.05, 4.69) is 6.92 Å². The van der Waals surface area contributed by atoms with Crippen molar-refractivity contribution in [3.63, 3.8) is 0 Å². The summed E-state index contributed by atoms with van der Waals surface area (Å²) >= 11 is 0. The van der Waals surface area contributed by atoms with Gasteiger partial charge in [0.15, 0.2) is 0 Å². The Bertz CT molecular complexity index is 40.7. The first kappa shape index (κ1) is 10.4. The van der Waals surface area contributed by atoms with Crippen molar-refractivity contribution in [3.05, 3.63) is 0 Å². The zero-order valence-corrected chi connectivity index (χ0v) is 4.11. The Labute approximate surface area is 57.3 Å². The predicted molar refractivity (Wildman–Crippen MR) is 33.3 cm³/mol. The van der Waals surface area contributed by atoms with Crippen LogP contribution in [0, 0.1) is 0 Å². The van der Waals surface area contributed by atoms with Crippen LogP contribution in [0.5, 0.6) is 0 Å². The second kappa shape index (κ2) is 9.68. The van der Waals surface area contributed by atoms with Crippen LogP contribution in [0.3, 0.4) is 0 Å². The van der Waals surface area contributed by atoms with E-state index in [4.69, 9.17) is 0 Å². The predicted octanol–water partition coefficient (Wildman–Crippen LogP) is 0.606. The standard InChI is InChI=1S/C4H9BO.Li.H/c1-2-3-4-5-6;;/h2-4H2,1H3;;. The third kappa shape index (κ3) is 10.7. The quantitative estimate of drug-likeness (QED) is 0.368. The molecule has 0 atom stereocenters. The van der Waals surface area contributed by atoms with E-state index < -0.39 is 0 Å². The van der Waals surface area contributed by atoms with Crippen LogP contribution in [0.4, 0.5) is 0 Å². The molecule has 0 aromatic rings. The fourth-order valence-electron chi connectivity index (χ4n) is 0.287. The average Bonchev–Trinajstić information content (AvgIpc) is 1.61. The van der Waals surface area contributed by atoms with Crippen LogP contribution < -0.4 is 0 Å². The van der Waals surface area contributed by atoms with Gasteiger partial charge in [0.2, 0.25) is 0 Å². The van der Waals surface area contributed by atoms with Gasteiger partial charge in [-0.2, -0.15) is 0 Å². The fraction of sp³-hybridized carbons (Fsp3) is 1.00. The Morgan fingerprint density at radius 1 is 1.57 bits per heavy atom. The normalized spacial score (nSPS) is 6.43. The SMILES string of the molecule is CCCCB=O.[LiH]. The first-order valence-corrected chi connectivity index (χ1v) is 2.35. The minimum atomic E-state index is 0. The summed E-state index contributed by atoms with van der Waals surface area (Å²) in [5.41, 5.74) is 0. The average molecular weight is 91.9 g/mol. The summed E-state index contributed by atoms with van der Waals surface area (Å²) in [6, 6.07) is 0. The van der Waals surface area contributed by atoms with Crippen molar-refractivity contribution < 1.29 is 4.70 Å². The van der Waals surface area contributed by atoms with Gasteiger partial charge in [-0.25, -0.2) is 0 Å². The summed E-state index contributed by atoms with van der Waals surface area (Å²) in [5, 5.41) is 0. The maximum atomic E-state index is 9.56. The van der Waals surface area contributed by atoms with Crippen molar-refractivity contribution in [2.24, 2.45) is 0 Å². The molecule has 0 spiro atoms. The van der Waals surface area contributed by atoms with E-state index in [1.165, 1.54) is 0 Å². The maximum absolute atomic E-state index is 9.56. The van der Waals surface area contributed by atoms with Gasteiger partial charge in [-0.15, -0.1) is 0 Å². The summed E-state index contributed by atoms with van der Waals surface area (Å²) in [6.45, 7) is 2.07. The fourth-order valence-corrected chi connectivity index (χ4v) is 0.287. The molecule has 0 bridgehead atoms. The van der Waals surface area contributed by atoms with Crippen molar-refractivity contribution in [1.82, 2.24) is 0 Å². The van der Waals surface area contributed by atoms with Crippen LogP contribution in [0.15, 0.2) is 0 Å². The molecular formula is C4H10BLiO. The van der Waals surface area contributed by atoms with Gasteiger partial charge in [-0.05, 0) is 0 Å². The van der Waals surface area contributed by atoms with Crippen LogP contribution in [0.1, 0.15) is 19.8 Å². The molecule has 1 nitrogen and oxygen atoms in total. The van der Waals surface area contributed by atoms with Crippen LogP contribution >= 0.6 is 0 Å². The number of rotatable bonds is 3. The molecule has 0 amide bonds. The zero-order valence-electron chi connectivity index (χ0n) is 4.11. The second-order valence-electron chi connectivity index (χ2n) is 1.31. The molecule has 0 N–H and O–H groups in total. The van der Waals surface area contributed by atoms with Gasteiger partial charge < -0.3 is 0 Å². The van der Waals surface area contributed by atoms with Crippen molar-refractivity contribution in [1.29, 1.82) is 0 Å². The summed E-state index contributed by atoms with van der Waals surface area (Å²) in [6.07, 6.45) is 2.90. The van der Waals surface area contributed by atoms with Crippen molar-refractivity contribution in [3.8, 4) is 0 Å². The van der Waals surface area contributed by atoms with Crippen LogP contribution in [-0.2, 0) is 4.70 Å². The Balaban J connectivity index is 0. The van der Waals surface area contributed by atoms with Crippen molar-refractivity contribution in [2.75, 3.05) is 0 Å². The topological polar surface area (TPSA) is 17.1 Å². The Morgan fingerprint density at radius 3 is 2.29 bits per heavy atom. The van der Waals surface area contributed by atoms with Gasteiger partial charge in [0.25, 0.3) is 0 Å². The minimum absolute atomic E-state index is 0. The first-order chi connectivity index (χ1) is 2.91. The van der Waals surface area contributed by atoms with Crippen LogP contribution in [0.25, 0.3) is 0 Å². The van der Waals surface area contributed by atoms with Crippen molar-refractivity contribution in [2.45, 2.75) is 26.1 Å². The molecule has 0 aliphatic rings. The summed E-state index contributed by atoms with van der Waals surface area (Å²) < 4.78 is 9.56. The van der Waals surface area contributed by atoms with E-state index in [9.17, 15) is 4.70 Å². The van der Waals surface area contributed by atoms with Gasteiger partial charge in [-0.1, -0.05) is 0 Å². The molecular weight excluding hydrogens is 81.8 g/mol. The van der Waals surface area contributed by atoms with Gasteiger partial charge in [0, 0.05) is 0 Å². The zero-order chi connectivity index (χ0) is 4.83. The molecule has 0 aliphatic carbocycles. The molecule has 7 heavy (non-hydrogen) atoms. The van der Waals surface area contributed by atoms with Crippen LogP contribution in [0.2, 0.25) is 6.32 Å². The molecule has 0 unspecified atom stereocenters. The van der Waals surface area contributed by atoms with E-state index in [1.54, 1.807) is 0 Å². The molecule has 0 fully saturated rings. The number of hydrogen-bond donors (Lipinski definition) is 0. The molecule has 0 aromatic heterocycles. The molecule has 0 rings (SSSR count). The van der Waals surface area contributed by atoms with Gasteiger partial charge in [-0.3, -0.25) is 0 Å². The monoisotopic (exact) mass is 92.1 g/mol. The van der Waals surface area contributed by atoms with Gasteiger partial charge >= 0.3 is 56.8 Å². The Kier molecular flexibility index (Phi) is 14.4. The van der Waals surface area contributed by atoms with E-state index in [0.29, 0.717) is 0 Å². The Morgan fingerprint density at radius 2 is 2.14 bits per heavy atom. The molecule has 0 aliphatic heterocycles. The molecule has 0 aromatic carbocycles. The van der Waals surface area contributed by atoms with Gasteiger partial charge in [0.1, 0.15) is 0 Å². The third-order valence-corrected chi connectivity index (χ3v) is 0.676. The molecule has 3 heteroatoms. The van der Waals surface area contributed by atoms with E-state index in [-0.39, 0.29) is 18.9 Å². The van der Waals surface area contributed by atoms with E-state index >= 15 is 0 Å². The number of unbranched alkanes of at least 4 members (excludes halogenated alkanes) is 1. The first-order valence-electron chi connectivity index (χ1n) is 2.35. The van der Waals surface area contributed by atoms with Crippen molar-refractivity contribution >= 4 is 26.0 Å². The Hall–Kier alpha value is 0.462. The van der Waals surface area contributed by atoms with E-state index in [0.717, 1.165) is 26.3 Å². The number of hydrogen-bond acceptors (Lipinski definition) is 1.